The Balaban J connectivity index is 1.85. The van der Waals surface area contributed by atoms with Gasteiger partial charge in [-0.05, 0) is 35.8 Å². The number of benzene rings is 1. The van der Waals surface area contributed by atoms with Crippen molar-refractivity contribution in [2.75, 3.05) is 11.5 Å². The minimum Gasteiger partial charge on any atom is -0.346 e. The van der Waals surface area contributed by atoms with Crippen LogP contribution in [0.15, 0.2) is 30.3 Å². The average molecular weight is 294 g/mol. The monoisotopic (exact) mass is 294 g/mol. The van der Waals surface area contributed by atoms with E-state index in [0.29, 0.717) is 11.8 Å². The van der Waals surface area contributed by atoms with E-state index in [2.05, 4.69) is 44.2 Å². The van der Waals surface area contributed by atoms with E-state index in [1.54, 1.807) is 0 Å². The van der Waals surface area contributed by atoms with E-state index in [1.807, 2.05) is 23.5 Å². The molecule has 0 radical (unpaired) electrons. The summed E-state index contributed by atoms with van der Waals surface area (Å²) in [4.78, 5) is 0. The Morgan fingerprint density at radius 2 is 1.79 bits per heavy atom. The fourth-order valence-corrected chi connectivity index (χ4v) is 6.42. The van der Waals surface area contributed by atoms with Crippen molar-refractivity contribution in [2.45, 2.75) is 37.1 Å². The van der Waals surface area contributed by atoms with Crippen LogP contribution in [0.1, 0.15) is 38.4 Å². The van der Waals surface area contributed by atoms with Crippen molar-refractivity contribution in [1.29, 1.82) is 0 Å². The molecule has 2 heterocycles. The largest absolute Gasteiger partial charge is 0.346 e. The minimum atomic E-state index is 0.00523. The molecule has 1 spiro atoms. The maximum atomic E-state index is 6.65. The molecule has 3 heteroatoms. The third kappa shape index (κ3) is 2.70. The normalized spacial score (nSPS) is 34.3. The van der Waals surface area contributed by atoms with Crippen LogP contribution in [0.25, 0.3) is 0 Å². The van der Waals surface area contributed by atoms with Crippen molar-refractivity contribution in [2.24, 2.45) is 11.8 Å². The third-order valence-corrected chi connectivity index (χ3v) is 7.65. The van der Waals surface area contributed by atoms with Crippen molar-refractivity contribution in [3.8, 4) is 0 Å². The summed E-state index contributed by atoms with van der Waals surface area (Å²) in [5.74, 6) is 3.73. The number of ether oxygens (including phenoxy) is 1. The lowest BCUT2D eigenvalue weighted by atomic mass is 9.86. The predicted octanol–water partition coefficient (Wildman–Crippen LogP) is 4.94. The topological polar surface area (TPSA) is 9.23 Å². The van der Waals surface area contributed by atoms with E-state index < -0.39 is 0 Å². The average Bonchev–Trinajstić information content (AvgIpc) is 2.45. The molecule has 3 atom stereocenters. The molecule has 1 nitrogen and oxygen atoms in total. The Morgan fingerprint density at radius 3 is 2.47 bits per heavy atom. The lowest BCUT2D eigenvalue weighted by Crippen LogP contribution is -2.43. The number of rotatable bonds is 1. The summed E-state index contributed by atoms with van der Waals surface area (Å²) in [6.45, 7) is 4.70. The van der Waals surface area contributed by atoms with Gasteiger partial charge in [0.05, 0.1) is 6.10 Å². The van der Waals surface area contributed by atoms with Crippen LogP contribution in [-0.4, -0.2) is 15.8 Å². The van der Waals surface area contributed by atoms with Gasteiger partial charge in [-0.1, -0.05) is 44.2 Å². The molecule has 0 bridgehead atoms. The molecule has 3 rings (SSSR count). The van der Waals surface area contributed by atoms with Gasteiger partial charge in [-0.15, -0.1) is 23.5 Å². The molecular weight excluding hydrogens is 272 g/mol. The molecule has 0 saturated carbocycles. The van der Waals surface area contributed by atoms with E-state index in [9.17, 15) is 0 Å². The molecule has 0 aromatic heterocycles. The molecule has 104 valence electrons. The highest BCUT2D eigenvalue weighted by Gasteiger charge is 2.47. The Hall–Kier alpha value is -0.120. The highest BCUT2D eigenvalue weighted by atomic mass is 32.2. The van der Waals surface area contributed by atoms with Gasteiger partial charge in [0.2, 0.25) is 0 Å². The summed E-state index contributed by atoms with van der Waals surface area (Å²) in [6, 6.07) is 10.8. The molecule has 2 fully saturated rings. The van der Waals surface area contributed by atoms with E-state index in [-0.39, 0.29) is 10.4 Å². The fourth-order valence-electron chi connectivity index (χ4n) is 3.16. The number of hydrogen-bond donors (Lipinski definition) is 0. The molecule has 0 amide bonds. The Bertz CT molecular complexity index is 414. The SMILES string of the molecule is C[C@@H]1C[C@H](C)[C@@H](c2ccccc2)OC12SCCCS2. The van der Waals surface area contributed by atoms with Crippen LogP contribution in [0.5, 0.6) is 0 Å². The van der Waals surface area contributed by atoms with Crippen LogP contribution < -0.4 is 0 Å². The van der Waals surface area contributed by atoms with Gasteiger partial charge in [0, 0.05) is 5.92 Å². The highest BCUT2D eigenvalue weighted by Crippen LogP contribution is 2.56. The Kier molecular flexibility index (Phi) is 4.16. The first-order valence-corrected chi connectivity index (χ1v) is 9.19. The second-order valence-electron chi connectivity index (χ2n) is 5.72. The molecule has 2 aliphatic heterocycles. The summed E-state index contributed by atoms with van der Waals surface area (Å²) < 4.78 is 6.66. The van der Waals surface area contributed by atoms with Crippen LogP contribution in [0.2, 0.25) is 0 Å². The summed E-state index contributed by atoms with van der Waals surface area (Å²) >= 11 is 4.07. The van der Waals surface area contributed by atoms with Crippen molar-refractivity contribution in [3.05, 3.63) is 35.9 Å². The second kappa shape index (κ2) is 5.71. The summed E-state index contributed by atoms with van der Waals surface area (Å²) in [5, 5.41) is 0. The van der Waals surface area contributed by atoms with Gasteiger partial charge in [0.1, 0.15) is 0 Å². The molecule has 0 unspecified atom stereocenters. The highest BCUT2D eigenvalue weighted by molar-refractivity contribution is 8.18. The maximum absolute atomic E-state index is 6.65. The first-order valence-electron chi connectivity index (χ1n) is 7.22. The molecule has 19 heavy (non-hydrogen) atoms. The van der Waals surface area contributed by atoms with Gasteiger partial charge in [-0.3, -0.25) is 0 Å². The van der Waals surface area contributed by atoms with Gasteiger partial charge < -0.3 is 4.74 Å². The zero-order valence-corrected chi connectivity index (χ0v) is 13.3. The molecule has 0 aliphatic carbocycles. The predicted molar refractivity (Wildman–Crippen MR) is 85.5 cm³/mol. The van der Waals surface area contributed by atoms with Crippen LogP contribution >= 0.6 is 23.5 Å². The zero-order valence-electron chi connectivity index (χ0n) is 11.7. The molecule has 2 saturated heterocycles. The minimum absolute atomic E-state index is 0.00523. The van der Waals surface area contributed by atoms with Crippen molar-refractivity contribution in [1.82, 2.24) is 0 Å². The third-order valence-electron chi connectivity index (χ3n) is 4.16. The summed E-state index contributed by atoms with van der Waals surface area (Å²) in [5.41, 5.74) is 1.34. The van der Waals surface area contributed by atoms with Crippen molar-refractivity contribution in [3.63, 3.8) is 0 Å². The summed E-state index contributed by atoms with van der Waals surface area (Å²) in [7, 11) is 0. The van der Waals surface area contributed by atoms with Gasteiger partial charge in [-0.2, -0.15) is 0 Å². The zero-order chi connectivity index (χ0) is 13.3. The lowest BCUT2D eigenvalue weighted by Gasteiger charge is -2.49. The van der Waals surface area contributed by atoms with Crippen molar-refractivity contribution < 1.29 is 4.74 Å². The van der Waals surface area contributed by atoms with Gasteiger partial charge in [0.25, 0.3) is 0 Å². The smallest absolute Gasteiger partial charge is 0.163 e. The van der Waals surface area contributed by atoms with Gasteiger partial charge >= 0.3 is 0 Å². The van der Waals surface area contributed by atoms with Crippen LogP contribution in [0, 0.1) is 11.8 Å². The molecular formula is C16H22OS2. The Labute approximate surface area is 124 Å². The van der Waals surface area contributed by atoms with E-state index in [1.165, 1.54) is 29.9 Å². The van der Waals surface area contributed by atoms with E-state index >= 15 is 0 Å². The number of hydrogen-bond acceptors (Lipinski definition) is 3. The van der Waals surface area contributed by atoms with Crippen LogP contribution in [-0.2, 0) is 4.74 Å². The first-order chi connectivity index (χ1) is 9.21. The first kappa shape index (κ1) is 13.8. The number of thioether (sulfide) groups is 2. The van der Waals surface area contributed by atoms with Gasteiger partial charge in [0.15, 0.2) is 4.27 Å². The van der Waals surface area contributed by atoms with E-state index in [0.717, 1.165) is 0 Å². The lowest BCUT2D eigenvalue weighted by molar-refractivity contribution is -0.0853. The second-order valence-corrected chi connectivity index (χ2v) is 8.58. The molecule has 0 N–H and O–H groups in total. The maximum Gasteiger partial charge on any atom is 0.163 e. The fraction of sp³-hybridized carbons (Fsp3) is 0.625. The molecule has 1 aromatic rings. The van der Waals surface area contributed by atoms with Crippen LogP contribution in [0.3, 0.4) is 0 Å². The van der Waals surface area contributed by atoms with Crippen LogP contribution in [0.4, 0.5) is 0 Å². The van der Waals surface area contributed by atoms with E-state index in [4.69, 9.17) is 4.74 Å². The van der Waals surface area contributed by atoms with Crippen molar-refractivity contribution >= 4 is 23.5 Å². The van der Waals surface area contributed by atoms with Gasteiger partial charge in [-0.25, -0.2) is 0 Å². The quantitative estimate of drug-likeness (QED) is 0.725. The molecule has 1 aromatic carbocycles. The summed E-state index contributed by atoms with van der Waals surface area (Å²) in [6.07, 6.45) is 2.84. The standard InChI is InChI=1S/C16H22OS2/c1-12-11-13(2)16(18-9-6-10-19-16)17-15(12)14-7-4-3-5-8-14/h3-5,7-8,12-13,15H,6,9-11H2,1-2H3/t12-,13+,15-/m0/s1. The molecule has 2 aliphatic rings. The Morgan fingerprint density at radius 1 is 1.11 bits per heavy atom.